The number of aldehydes is 2. The fraction of sp³-hybridized carbons (Fsp3) is 0. The van der Waals surface area contributed by atoms with Crippen molar-refractivity contribution < 1.29 is 9.59 Å². The predicted octanol–water partition coefficient (Wildman–Crippen LogP) is 5.64. The highest BCUT2D eigenvalue weighted by Crippen LogP contribution is 2.41. The van der Waals surface area contributed by atoms with Crippen LogP contribution in [0.15, 0.2) is 55.1 Å². The van der Waals surface area contributed by atoms with E-state index in [2.05, 4.69) is 31.9 Å². The van der Waals surface area contributed by atoms with Crippen LogP contribution >= 0.6 is 53.4 Å². The van der Waals surface area contributed by atoms with Gasteiger partial charge in [0.2, 0.25) is 0 Å². The Hall–Kier alpha value is -0.560. The van der Waals surface area contributed by atoms with Crippen molar-refractivity contribution >= 4 is 66.0 Å². The standard InChI is InChI=1S/C14H8Br2O2S2/c15-11-3-1-9(7-17)13(5-11)19-20-14-6-12(16)4-2-10(14)8-18/h1-8H. The van der Waals surface area contributed by atoms with Crippen molar-refractivity contribution in [3.05, 3.63) is 56.5 Å². The number of hydrogen-bond acceptors (Lipinski definition) is 4. The molecular formula is C14H8Br2O2S2. The SMILES string of the molecule is O=Cc1ccc(Br)cc1SSc1cc(Br)ccc1C=O. The second kappa shape index (κ2) is 7.45. The van der Waals surface area contributed by atoms with Gasteiger partial charge in [0.25, 0.3) is 0 Å². The summed E-state index contributed by atoms with van der Waals surface area (Å²) in [5, 5.41) is 0. The van der Waals surface area contributed by atoms with E-state index in [0.29, 0.717) is 11.1 Å². The summed E-state index contributed by atoms with van der Waals surface area (Å²) in [4.78, 5) is 23.8. The lowest BCUT2D eigenvalue weighted by Gasteiger charge is -2.07. The summed E-state index contributed by atoms with van der Waals surface area (Å²) in [5.41, 5.74) is 1.27. The molecule has 0 saturated carbocycles. The molecule has 102 valence electrons. The summed E-state index contributed by atoms with van der Waals surface area (Å²) in [6.07, 6.45) is 1.66. The van der Waals surface area contributed by atoms with Crippen molar-refractivity contribution in [3.63, 3.8) is 0 Å². The zero-order chi connectivity index (χ0) is 14.5. The Morgan fingerprint density at radius 3 is 1.50 bits per heavy atom. The fourth-order valence-corrected chi connectivity index (χ4v) is 4.83. The lowest BCUT2D eigenvalue weighted by Crippen LogP contribution is -1.85. The van der Waals surface area contributed by atoms with Gasteiger partial charge in [-0.3, -0.25) is 9.59 Å². The summed E-state index contributed by atoms with van der Waals surface area (Å²) in [6.45, 7) is 0. The molecule has 2 aromatic carbocycles. The molecule has 20 heavy (non-hydrogen) atoms. The van der Waals surface area contributed by atoms with Crippen LogP contribution in [0.4, 0.5) is 0 Å². The molecule has 0 fully saturated rings. The monoisotopic (exact) mass is 430 g/mol. The summed E-state index contributed by atoms with van der Waals surface area (Å²) in [6, 6.07) is 11.0. The predicted molar refractivity (Wildman–Crippen MR) is 90.8 cm³/mol. The van der Waals surface area contributed by atoms with Crippen LogP contribution in [-0.4, -0.2) is 12.6 Å². The first-order chi connectivity index (χ1) is 9.63. The van der Waals surface area contributed by atoms with E-state index in [0.717, 1.165) is 31.3 Å². The van der Waals surface area contributed by atoms with Crippen molar-refractivity contribution in [1.82, 2.24) is 0 Å². The van der Waals surface area contributed by atoms with E-state index in [4.69, 9.17) is 0 Å². The van der Waals surface area contributed by atoms with Gasteiger partial charge < -0.3 is 0 Å². The minimum absolute atomic E-state index is 0.633. The molecule has 0 aliphatic carbocycles. The molecule has 0 aliphatic rings. The molecule has 0 amide bonds. The smallest absolute Gasteiger partial charge is 0.151 e. The summed E-state index contributed by atoms with van der Waals surface area (Å²) in [5.74, 6) is 0. The van der Waals surface area contributed by atoms with Crippen LogP contribution in [0.2, 0.25) is 0 Å². The van der Waals surface area contributed by atoms with Gasteiger partial charge in [-0.15, -0.1) is 0 Å². The summed E-state index contributed by atoms with van der Waals surface area (Å²) in [7, 11) is 2.91. The largest absolute Gasteiger partial charge is 0.298 e. The lowest BCUT2D eigenvalue weighted by atomic mass is 10.2. The lowest BCUT2D eigenvalue weighted by molar-refractivity contribution is 0.111. The molecule has 2 nitrogen and oxygen atoms in total. The Morgan fingerprint density at radius 2 is 1.15 bits per heavy atom. The van der Waals surface area contributed by atoms with E-state index in [-0.39, 0.29) is 0 Å². The highest BCUT2D eigenvalue weighted by Gasteiger charge is 2.08. The molecule has 6 heteroatoms. The quantitative estimate of drug-likeness (QED) is 0.453. The Kier molecular flexibility index (Phi) is 5.89. The highest BCUT2D eigenvalue weighted by atomic mass is 79.9. The van der Waals surface area contributed by atoms with E-state index in [1.807, 2.05) is 24.3 Å². The average molecular weight is 432 g/mol. The van der Waals surface area contributed by atoms with Gasteiger partial charge in [0, 0.05) is 29.9 Å². The van der Waals surface area contributed by atoms with E-state index in [9.17, 15) is 9.59 Å². The third-order valence-corrected chi connectivity index (χ3v) is 5.89. The third kappa shape index (κ3) is 3.97. The second-order valence-electron chi connectivity index (χ2n) is 3.77. The second-order valence-corrected chi connectivity index (χ2v) is 7.81. The molecule has 0 atom stereocenters. The number of hydrogen-bond donors (Lipinski definition) is 0. The van der Waals surface area contributed by atoms with Crippen LogP contribution in [0, 0.1) is 0 Å². The summed E-state index contributed by atoms with van der Waals surface area (Å²) >= 11 is 6.78. The molecule has 0 radical (unpaired) electrons. The van der Waals surface area contributed by atoms with Crippen molar-refractivity contribution in [2.75, 3.05) is 0 Å². The van der Waals surface area contributed by atoms with E-state index in [1.54, 1.807) is 12.1 Å². The average Bonchev–Trinajstić information content (AvgIpc) is 2.45. The number of halogens is 2. The molecule has 0 aliphatic heterocycles. The zero-order valence-electron chi connectivity index (χ0n) is 10.0. The van der Waals surface area contributed by atoms with Gasteiger partial charge in [0.15, 0.2) is 12.6 Å². The third-order valence-electron chi connectivity index (χ3n) is 2.43. The van der Waals surface area contributed by atoms with Crippen LogP contribution in [-0.2, 0) is 0 Å². The van der Waals surface area contributed by atoms with Gasteiger partial charge in [0.1, 0.15) is 0 Å². The molecule has 0 heterocycles. The summed E-state index contributed by atoms with van der Waals surface area (Å²) < 4.78 is 1.83. The Labute approximate surface area is 141 Å². The molecule has 0 spiro atoms. The first-order valence-electron chi connectivity index (χ1n) is 5.48. The first kappa shape index (κ1) is 15.8. The van der Waals surface area contributed by atoms with Crippen LogP contribution in [0.25, 0.3) is 0 Å². The molecular weight excluding hydrogens is 424 g/mol. The van der Waals surface area contributed by atoms with Gasteiger partial charge in [-0.05, 0) is 36.4 Å². The topological polar surface area (TPSA) is 34.1 Å². The molecule has 0 N–H and O–H groups in total. The number of carbonyl (C=O) groups is 2. The molecule has 2 aromatic rings. The van der Waals surface area contributed by atoms with Crippen molar-refractivity contribution in [3.8, 4) is 0 Å². The van der Waals surface area contributed by atoms with Crippen molar-refractivity contribution in [1.29, 1.82) is 0 Å². The fourth-order valence-electron chi connectivity index (χ4n) is 1.45. The van der Waals surface area contributed by atoms with Crippen LogP contribution in [0.1, 0.15) is 20.7 Å². The number of benzene rings is 2. The van der Waals surface area contributed by atoms with E-state index < -0.39 is 0 Å². The van der Waals surface area contributed by atoms with Gasteiger partial charge in [0.05, 0.1) is 0 Å². The van der Waals surface area contributed by atoms with Crippen molar-refractivity contribution in [2.45, 2.75) is 9.79 Å². The molecule has 0 aromatic heterocycles. The molecule has 0 saturated heterocycles. The Morgan fingerprint density at radius 1 is 0.750 bits per heavy atom. The minimum Gasteiger partial charge on any atom is -0.298 e. The maximum absolute atomic E-state index is 11.0. The van der Waals surface area contributed by atoms with E-state index >= 15 is 0 Å². The van der Waals surface area contributed by atoms with Gasteiger partial charge >= 0.3 is 0 Å². The van der Waals surface area contributed by atoms with Gasteiger partial charge in [-0.1, -0.05) is 53.4 Å². The highest BCUT2D eigenvalue weighted by molar-refractivity contribution is 9.10. The normalized spacial score (nSPS) is 10.3. The van der Waals surface area contributed by atoms with Crippen LogP contribution in [0.5, 0.6) is 0 Å². The van der Waals surface area contributed by atoms with Crippen LogP contribution in [0.3, 0.4) is 0 Å². The van der Waals surface area contributed by atoms with Gasteiger partial charge in [-0.2, -0.15) is 0 Å². The molecule has 0 bridgehead atoms. The van der Waals surface area contributed by atoms with Crippen LogP contribution < -0.4 is 0 Å². The maximum atomic E-state index is 11.0. The zero-order valence-corrected chi connectivity index (χ0v) is 14.8. The number of rotatable bonds is 5. The molecule has 2 rings (SSSR count). The minimum atomic E-state index is 0.633. The number of carbonyl (C=O) groups excluding carboxylic acids is 2. The Balaban J connectivity index is 2.24. The maximum Gasteiger partial charge on any atom is 0.151 e. The first-order valence-corrected chi connectivity index (χ1v) is 9.21. The van der Waals surface area contributed by atoms with Gasteiger partial charge in [-0.25, -0.2) is 0 Å². The van der Waals surface area contributed by atoms with E-state index in [1.165, 1.54) is 21.6 Å². The van der Waals surface area contributed by atoms with Crippen molar-refractivity contribution in [2.24, 2.45) is 0 Å². The molecule has 0 unspecified atom stereocenters. The Bertz CT molecular complexity index is 602.